The van der Waals surface area contributed by atoms with Crippen LogP contribution in [-0.4, -0.2) is 14.9 Å². The van der Waals surface area contributed by atoms with Gasteiger partial charge in [0.15, 0.2) is 0 Å². The predicted molar refractivity (Wildman–Crippen MR) is 107 cm³/mol. The molecular weight excluding hydrogens is 376 g/mol. The average molecular weight is 395 g/mol. The lowest BCUT2D eigenvalue weighted by Gasteiger charge is -2.13. The number of rotatable bonds is 6. The molecule has 1 amide bonds. The Bertz CT molecular complexity index is 1260. The smallest absolute Gasteiger partial charge is 0.275 e. The van der Waals surface area contributed by atoms with E-state index in [1.54, 1.807) is 40.9 Å². The molecule has 2 aromatic carbocycles. The second-order valence-electron chi connectivity index (χ2n) is 6.86. The van der Waals surface area contributed by atoms with E-state index in [-0.39, 0.29) is 36.8 Å². The Morgan fingerprint density at radius 2 is 1.76 bits per heavy atom. The van der Waals surface area contributed by atoms with Gasteiger partial charge >= 0.3 is 0 Å². The Morgan fingerprint density at radius 1 is 0.931 bits per heavy atom. The number of carbonyl (C=O) groups excluding carboxylic acids is 1. The quantitative estimate of drug-likeness (QED) is 0.542. The molecule has 0 spiro atoms. The fourth-order valence-electron chi connectivity index (χ4n) is 3.49. The van der Waals surface area contributed by atoms with E-state index in [0.717, 1.165) is 5.52 Å². The Labute approximate surface area is 165 Å². The van der Waals surface area contributed by atoms with Crippen LogP contribution in [0.25, 0.3) is 16.6 Å². The lowest BCUT2D eigenvalue weighted by molar-refractivity contribution is -0.121. The summed E-state index contributed by atoms with van der Waals surface area (Å²) in [5, 5.41) is 2.74. The summed E-state index contributed by atoms with van der Waals surface area (Å²) in [6, 6.07) is 13.8. The van der Waals surface area contributed by atoms with E-state index in [9.17, 15) is 18.4 Å². The first kappa shape index (κ1) is 18.9. The third-order valence-electron chi connectivity index (χ3n) is 4.87. The molecule has 1 N–H and O–H groups in total. The van der Waals surface area contributed by atoms with Crippen LogP contribution in [0, 0.1) is 11.6 Å². The number of hydrogen-bond acceptors (Lipinski definition) is 2. The van der Waals surface area contributed by atoms with Crippen LogP contribution in [0.15, 0.2) is 65.6 Å². The molecule has 4 aromatic rings. The summed E-state index contributed by atoms with van der Waals surface area (Å²) >= 11 is 0. The molecular formula is C22H19F2N3O2. The zero-order chi connectivity index (χ0) is 20.4. The molecule has 7 heteroatoms. The summed E-state index contributed by atoms with van der Waals surface area (Å²) in [6.07, 6.45) is 2.38. The van der Waals surface area contributed by atoms with Crippen molar-refractivity contribution in [3.05, 3.63) is 88.3 Å². The van der Waals surface area contributed by atoms with Crippen molar-refractivity contribution in [2.45, 2.75) is 25.9 Å². The number of amides is 1. The fraction of sp³-hybridized carbons (Fsp3) is 0.182. The Morgan fingerprint density at radius 3 is 2.59 bits per heavy atom. The maximum atomic E-state index is 13.8. The summed E-state index contributed by atoms with van der Waals surface area (Å²) < 4.78 is 30.2. The van der Waals surface area contributed by atoms with E-state index < -0.39 is 5.82 Å². The first-order valence-electron chi connectivity index (χ1n) is 9.33. The van der Waals surface area contributed by atoms with Crippen LogP contribution in [-0.2, 0) is 17.9 Å². The van der Waals surface area contributed by atoms with Crippen LogP contribution in [0.4, 0.5) is 8.78 Å². The van der Waals surface area contributed by atoms with Crippen LogP contribution in [0.5, 0.6) is 0 Å². The number of fused-ring (bicyclic) bond motifs is 3. The zero-order valence-corrected chi connectivity index (χ0v) is 15.6. The van der Waals surface area contributed by atoms with E-state index in [2.05, 4.69) is 5.32 Å². The summed E-state index contributed by atoms with van der Waals surface area (Å²) in [7, 11) is 0. The van der Waals surface area contributed by atoms with E-state index >= 15 is 0 Å². The standard InChI is InChI=1S/C22H19F2N3O2/c23-16-5-1-4-15(12-16)14-25-21(28)7-3-11-27-20-13-17(24)8-9-18(20)26-10-2-6-19(26)22(27)29/h1-2,4-6,8-10,12-13H,3,7,11,14H2,(H,25,28). The monoisotopic (exact) mass is 395 g/mol. The highest BCUT2D eigenvalue weighted by atomic mass is 19.1. The molecule has 0 unspecified atom stereocenters. The molecule has 0 bridgehead atoms. The van der Waals surface area contributed by atoms with Crippen molar-refractivity contribution in [3.63, 3.8) is 0 Å². The van der Waals surface area contributed by atoms with Gasteiger partial charge in [0, 0.05) is 25.7 Å². The zero-order valence-electron chi connectivity index (χ0n) is 15.6. The molecule has 0 radical (unpaired) electrons. The van der Waals surface area contributed by atoms with Crippen molar-refractivity contribution < 1.29 is 13.6 Å². The highest BCUT2D eigenvalue weighted by Crippen LogP contribution is 2.17. The number of halogens is 2. The summed E-state index contributed by atoms with van der Waals surface area (Å²) in [5.41, 5.74) is 2.16. The summed E-state index contributed by atoms with van der Waals surface area (Å²) in [4.78, 5) is 24.9. The van der Waals surface area contributed by atoms with E-state index in [1.807, 2.05) is 0 Å². The summed E-state index contributed by atoms with van der Waals surface area (Å²) in [5.74, 6) is -0.970. The van der Waals surface area contributed by atoms with Crippen LogP contribution in [0.2, 0.25) is 0 Å². The molecule has 148 valence electrons. The highest BCUT2D eigenvalue weighted by Gasteiger charge is 2.12. The third kappa shape index (κ3) is 3.89. The number of nitrogens with zero attached hydrogens (tertiary/aromatic N) is 2. The van der Waals surface area contributed by atoms with Crippen LogP contribution < -0.4 is 10.9 Å². The number of carbonyl (C=O) groups is 1. The number of hydrogen-bond donors (Lipinski definition) is 1. The Kier molecular flexibility index (Phi) is 5.12. The van der Waals surface area contributed by atoms with Gasteiger partial charge in [-0.15, -0.1) is 0 Å². The van der Waals surface area contributed by atoms with Gasteiger partial charge in [-0.3, -0.25) is 9.59 Å². The SMILES string of the molecule is O=C(CCCn1c(=O)c2cccn2c2ccc(F)cc21)NCc1cccc(F)c1. The van der Waals surface area contributed by atoms with Gasteiger partial charge in [-0.25, -0.2) is 8.78 Å². The second kappa shape index (κ2) is 7.87. The lowest BCUT2D eigenvalue weighted by Crippen LogP contribution is -2.25. The van der Waals surface area contributed by atoms with E-state index in [0.29, 0.717) is 23.0 Å². The molecule has 4 rings (SSSR count). The largest absolute Gasteiger partial charge is 0.352 e. The average Bonchev–Trinajstić information content (AvgIpc) is 3.19. The van der Waals surface area contributed by atoms with Gasteiger partial charge in [0.05, 0.1) is 11.0 Å². The minimum absolute atomic E-state index is 0.193. The lowest BCUT2D eigenvalue weighted by atomic mass is 10.2. The van der Waals surface area contributed by atoms with Crippen LogP contribution >= 0.6 is 0 Å². The van der Waals surface area contributed by atoms with Gasteiger partial charge in [0.25, 0.3) is 5.56 Å². The van der Waals surface area contributed by atoms with Gasteiger partial charge < -0.3 is 14.3 Å². The molecule has 29 heavy (non-hydrogen) atoms. The third-order valence-corrected chi connectivity index (χ3v) is 4.87. The van der Waals surface area contributed by atoms with Crippen molar-refractivity contribution in [2.75, 3.05) is 0 Å². The normalized spacial score (nSPS) is 11.2. The number of nitrogens with one attached hydrogen (secondary N) is 1. The Balaban J connectivity index is 1.48. The van der Waals surface area contributed by atoms with E-state index in [1.165, 1.54) is 28.8 Å². The van der Waals surface area contributed by atoms with Crippen LogP contribution in [0.1, 0.15) is 18.4 Å². The molecule has 2 aromatic heterocycles. The summed E-state index contributed by atoms with van der Waals surface area (Å²) in [6.45, 7) is 0.522. The van der Waals surface area contributed by atoms with Gasteiger partial charge in [0.2, 0.25) is 5.91 Å². The maximum Gasteiger partial charge on any atom is 0.275 e. The second-order valence-corrected chi connectivity index (χ2v) is 6.86. The molecule has 0 saturated heterocycles. The maximum absolute atomic E-state index is 13.8. The molecule has 2 heterocycles. The fourth-order valence-corrected chi connectivity index (χ4v) is 3.49. The van der Waals surface area contributed by atoms with Gasteiger partial charge in [0.1, 0.15) is 17.2 Å². The minimum atomic E-state index is -0.426. The molecule has 5 nitrogen and oxygen atoms in total. The number of aromatic nitrogens is 2. The molecule has 0 saturated carbocycles. The molecule has 0 aliphatic carbocycles. The van der Waals surface area contributed by atoms with Crippen molar-refractivity contribution in [1.29, 1.82) is 0 Å². The molecule has 0 aliphatic heterocycles. The highest BCUT2D eigenvalue weighted by molar-refractivity contribution is 5.79. The molecule has 0 fully saturated rings. The first-order chi connectivity index (χ1) is 14.0. The Hall–Kier alpha value is -3.48. The first-order valence-corrected chi connectivity index (χ1v) is 9.33. The topological polar surface area (TPSA) is 55.5 Å². The minimum Gasteiger partial charge on any atom is -0.352 e. The predicted octanol–water partition coefficient (Wildman–Crippen LogP) is 3.63. The number of aryl methyl sites for hydroxylation is 1. The molecule has 0 aliphatic rings. The van der Waals surface area contributed by atoms with Crippen molar-refractivity contribution >= 4 is 22.5 Å². The van der Waals surface area contributed by atoms with Gasteiger partial charge in [-0.2, -0.15) is 0 Å². The van der Waals surface area contributed by atoms with Crippen LogP contribution in [0.3, 0.4) is 0 Å². The molecule has 0 atom stereocenters. The van der Waals surface area contributed by atoms with Gasteiger partial charge in [-0.1, -0.05) is 12.1 Å². The van der Waals surface area contributed by atoms with Crippen molar-refractivity contribution in [1.82, 2.24) is 14.3 Å². The van der Waals surface area contributed by atoms with Gasteiger partial charge in [-0.05, 0) is 54.4 Å². The number of benzene rings is 2. The van der Waals surface area contributed by atoms with Crippen molar-refractivity contribution in [2.24, 2.45) is 0 Å². The van der Waals surface area contributed by atoms with Crippen molar-refractivity contribution in [3.8, 4) is 0 Å². The van der Waals surface area contributed by atoms with E-state index in [4.69, 9.17) is 0 Å².